The highest BCUT2D eigenvalue weighted by molar-refractivity contribution is 7.89. The highest BCUT2D eigenvalue weighted by Gasteiger charge is 2.42. The first-order valence-corrected chi connectivity index (χ1v) is 18.5. The Morgan fingerprint density at radius 3 is 2.35 bits per heavy atom. The van der Waals surface area contributed by atoms with Crippen LogP contribution in [-0.4, -0.2) is 128 Å². The number of piperidine rings is 1. The fraction of sp³-hybridized carbons (Fsp3) is 0.543. The van der Waals surface area contributed by atoms with Crippen LogP contribution in [-0.2, 0) is 10.0 Å². The van der Waals surface area contributed by atoms with Crippen molar-refractivity contribution in [3.05, 3.63) is 65.6 Å². The molecule has 0 radical (unpaired) electrons. The van der Waals surface area contributed by atoms with Crippen molar-refractivity contribution in [1.82, 2.24) is 34.4 Å². The Morgan fingerprint density at radius 2 is 1.67 bits per heavy atom. The third kappa shape index (κ3) is 7.67. The van der Waals surface area contributed by atoms with Gasteiger partial charge in [0.05, 0.1) is 18.0 Å². The fourth-order valence-electron chi connectivity index (χ4n) is 7.48. The molecule has 0 bridgehead atoms. The molecule has 3 saturated heterocycles. The number of benzene rings is 1. The summed E-state index contributed by atoms with van der Waals surface area (Å²) >= 11 is 0. The maximum atomic E-state index is 13.9. The summed E-state index contributed by atoms with van der Waals surface area (Å²) in [5, 5.41) is 3.22. The van der Waals surface area contributed by atoms with Gasteiger partial charge in [-0.3, -0.25) is 14.7 Å². The number of aryl methyl sites for hydroxylation is 2. The largest absolute Gasteiger partial charge is 0.497 e. The first-order valence-electron chi connectivity index (χ1n) is 17.1. The molecule has 3 aliphatic rings. The third-order valence-electron chi connectivity index (χ3n) is 10.3. The molecule has 13 nitrogen and oxygen atoms in total. The van der Waals surface area contributed by atoms with Crippen molar-refractivity contribution < 1.29 is 22.7 Å². The van der Waals surface area contributed by atoms with Crippen molar-refractivity contribution in [3.63, 3.8) is 0 Å². The molecule has 2 aromatic heterocycles. The van der Waals surface area contributed by atoms with Gasteiger partial charge in [-0.15, -0.1) is 0 Å². The summed E-state index contributed by atoms with van der Waals surface area (Å²) in [6.07, 6.45) is 8.17. The van der Waals surface area contributed by atoms with Gasteiger partial charge in [0.1, 0.15) is 18.2 Å². The average Bonchev–Trinajstić information content (AvgIpc) is 3.60. The van der Waals surface area contributed by atoms with E-state index in [4.69, 9.17) is 14.5 Å². The van der Waals surface area contributed by atoms with Crippen LogP contribution in [0.2, 0.25) is 0 Å². The molecule has 3 aliphatic heterocycles. The van der Waals surface area contributed by atoms with Gasteiger partial charge in [-0.25, -0.2) is 13.4 Å². The van der Waals surface area contributed by atoms with E-state index >= 15 is 0 Å². The van der Waals surface area contributed by atoms with Crippen LogP contribution in [0.4, 0.5) is 5.82 Å². The van der Waals surface area contributed by atoms with E-state index in [9.17, 15) is 13.2 Å². The number of aromatic nitrogens is 3. The van der Waals surface area contributed by atoms with Crippen LogP contribution in [0, 0.1) is 13.8 Å². The number of methoxy groups -OCH3 is 1. The van der Waals surface area contributed by atoms with Crippen LogP contribution in [0.1, 0.15) is 47.2 Å². The molecule has 1 aromatic carbocycles. The van der Waals surface area contributed by atoms with E-state index in [0.717, 1.165) is 64.3 Å². The molecule has 1 amide bonds. The first-order chi connectivity index (χ1) is 23.6. The number of hydrogen-bond acceptors (Lipinski definition) is 11. The molecule has 0 saturated carbocycles. The topological polar surface area (TPSA) is 133 Å². The Balaban J connectivity index is 1.10. The number of likely N-dealkylation sites (N-methyl/N-ethyl adjacent to an activating group) is 1. The molecule has 0 aliphatic carbocycles. The van der Waals surface area contributed by atoms with E-state index in [1.165, 1.54) is 0 Å². The first kappa shape index (κ1) is 35.0. The lowest BCUT2D eigenvalue weighted by Gasteiger charge is -2.51. The van der Waals surface area contributed by atoms with E-state index in [1.807, 2.05) is 6.07 Å². The lowest BCUT2D eigenvalue weighted by Crippen LogP contribution is -2.64. The number of carbonyl (C=O) groups is 1. The van der Waals surface area contributed by atoms with Crippen molar-refractivity contribution in [3.8, 4) is 11.8 Å². The molecule has 6 rings (SSSR count). The van der Waals surface area contributed by atoms with Crippen molar-refractivity contribution in [1.29, 1.82) is 0 Å². The van der Waals surface area contributed by atoms with Gasteiger partial charge in [0.25, 0.3) is 5.91 Å². The number of pyridine rings is 1. The minimum Gasteiger partial charge on any atom is -0.497 e. The summed E-state index contributed by atoms with van der Waals surface area (Å²) in [5.41, 5.74) is 1.77. The van der Waals surface area contributed by atoms with E-state index < -0.39 is 10.0 Å². The minimum absolute atomic E-state index is 0.0844. The van der Waals surface area contributed by atoms with E-state index in [2.05, 4.69) is 37.0 Å². The molecule has 5 heterocycles. The predicted octanol–water partition coefficient (Wildman–Crippen LogP) is 2.75. The van der Waals surface area contributed by atoms with Gasteiger partial charge in [0.2, 0.25) is 10.0 Å². The normalized spacial score (nSPS) is 20.7. The number of hydrogen-bond donors (Lipinski definition) is 1. The second-order valence-corrected chi connectivity index (χ2v) is 15.3. The highest BCUT2D eigenvalue weighted by Crippen LogP contribution is 2.34. The third-order valence-corrected chi connectivity index (χ3v) is 12.6. The Morgan fingerprint density at radius 1 is 0.980 bits per heavy atom. The lowest BCUT2D eigenvalue weighted by molar-refractivity contribution is 0.0219. The summed E-state index contributed by atoms with van der Waals surface area (Å²) in [6.45, 7) is 10.2. The number of ether oxygens (including phenoxy) is 2. The van der Waals surface area contributed by atoms with Gasteiger partial charge in [0.15, 0.2) is 0 Å². The van der Waals surface area contributed by atoms with Crippen LogP contribution in [0.3, 0.4) is 0 Å². The van der Waals surface area contributed by atoms with Crippen LogP contribution >= 0.6 is 0 Å². The van der Waals surface area contributed by atoms with Gasteiger partial charge < -0.3 is 24.6 Å². The molecule has 0 spiro atoms. The summed E-state index contributed by atoms with van der Waals surface area (Å²) in [5.74, 6) is 1.33. The zero-order valence-electron chi connectivity index (χ0n) is 29.0. The molecule has 264 valence electrons. The summed E-state index contributed by atoms with van der Waals surface area (Å²) < 4.78 is 40.7. The Labute approximate surface area is 289 Å². The lowest BCUT2D eigenvalue weighted by atomic mass is 9.84. The van der Waals surface area contributed by atoms with Crippen LogP contribution in [0.15, 0.2) is 53.8 Å². The highest BCUT2D eigenvalue weighted by atomic mass is 32.2. The van der Waals surface area contributed by atoms with Crippen molar-refractivity contribution in [2.45, 2.75) is 56.0 Å². The molecule has 3 aromatic rings. The maximum absolute atomic E-state index is 13.9. The molecular formula is C35H48N8O5S. The fourth-order valence-corrected chi connectivity index (χ4v) is 9.58. The van der Waals surface area contributed by atoms with Crippen LogP contribution in [0.5, 0.6) is 11.8 Å². The van der Waals surface area contributed by atoms with E-state index in [0.29, 0.717) is 46.8 Å². The molecule has 49 heavy (non-hydrogen) atoms. The minimum atomic E-state index is -3.74. The molecule has 1 atom stereocenters. The average molecular weight is 693 g/mol. The second kappa shape index (κ2) is 15.0. The van der Waals surface area contributed by atoms with Crippen LogP contribution in [0.25, 0.3) is 0 Å². The van der Waals surface area contributed by atoms with E-state index in [1.54, 1.807) is 68.1 Å². The number of nitrogens with one attached hydrogen (secondary N) is 1. The Kier molecular flexibility index (Phi) is 10.7. The number of sulfonamides is 1. The SMILES string of the molecule is COc1cc(C)c(S(=O)(=O)N2CCC[C@@H]2COc2nccc(N3CCC(CNC(=O)c4ccncc4)(N4CCN(C)CC4)CC3)n2)c(C)c1. The van der Waals surface area contributed by atoms with Crippen molar-refractivity contribution in [2.75, 3.05) is 78.0 Å². The number of piperazine rings is 1. The maximum Gasteiger partial charge on any atom is 0.318 e. The number of nitrogens with zero attached hydrogens (tertiary/aromatic N) is 7. The van der Waals surface area contributed by atoms with Crippen molar-refractivity contribution in [2.24, 2.45) is 0 Å². The number of carbonyl (C=O) groups excluding carboxylic acids is 1. The standard InChI is InChI=1S/C35H48N8O5S/c1-26-22-30(47-4)23-27(2)32(26)49(45,46)43-15-5-6-29(43)24-48-34-37-14-9-31(39-34)41-16-10-35(11-17-41,42-20-18-40(3)19-21-42)25-38-33(44)28-7-12-36-13-8-28/h7-9,12-14,22-23,29H,5-6,10-11,15-21,24-25H2,1-4H3,(H,38,44)/t29-/m1/s1. The van der Waals surface area contributed by atoms with Gasteiger partial charge in [-0.05, 0) is 88.0 Å². The van der Waals surface area contributed by atoms with E-state index in [-0.39, 0.29) is 30.1 Å². The number of amides is 1. The van der Waals surface area contributed by atoms with Gasteiger partial charge in [-0.1, -0.05) is 0 Å². The number of rotatable bonds is 11. The van der Waals surface area contributed by atoms with Crippen LogP contribution < -0.4 is 19.7 Å². The quantitative estimate of drug-likeness (QED) is 0.318. The Hall–Kier alpha value is -3.85. The summed E-state index contributed by atoms with van der Waals surface area (Å²) in [6, 6.07) is 8.80. The molecule has 3 fully saturated rings. The van der Waals surface area contributed by atoms with Gasteiger partial charge >= 0.3 is 6.01 Å². The zero-order valence-corrected chi connectivity index (χ0v) is 29.8. The molecule has 0 unspecified atom stereocenters. The Bertz CT molecular complexity index is 1690. The monoisotopic (exact) mass is 692 g/mol. The molecular weight excluding hydrogens is 645 g/mol. The van der Waals surface area contributed by atoms with Gasteiger partial charge in [-0.2, -0.15) is 9.29 Å². The summed E-state index contributed by atoms with van der Waals surface area (Å²) in [4.78, 5) is 33.6. The summed E-state index contributed by atoms with van der Waals surface area (Å²) in [7, 11) is -0.0120. The second-order valence-electron chi connectivity index (χ2n) is 13.4. The molecule has 1 N–H and O–H groups in total. The smallest absolute Gasteiger partial charge is 0.318 e. The zero-order chi connectivity index (χ0) is 34.6. The van der Waals surface area contributed by atoms with Crippen molar-refractivity contribution >= 4 is 21.7 Å². The predicted molar refractivity (Wildman–Crippen MR) is 187 cm³/mol. The van der Waals surface area contributed by atoms with Gasteiger partial charge in [0, 0.05) is 82.1 Å². The number of anilines is 1. The molecule has 14 heteroatoms.